The lowest BCUT2D eigenvalue weighted by atomic mass is 10.3. The third kappa shape index (κ3) is 4.28. The normalized spacial score (nSPS) is 13.9. The maximum absolute atomic E-state index is 12.7. The van der Waals surface area contributed by atoms with E-state index >= 15 is 0 Å². The number of nitrogens with one attached hydrogen (secondary N) is 1. The molecule has 0 radical (unpaired) electrons. The van der Waals surface area contributed by atoms with E-state index in [2.05, 4.69) is 10.3 Å². The highest BCUT2D eigenvalue weighted by Crippen LogP contribution is 2.28. The van der Waals surface area contributed by atoms with Crippen molar-refractivity contribution in [3.8, 4) is 5.75 Å². The van der Waals surface area contributed by atoms with Gasteiger partial charge in [-0.2, -0.15) is 0 Å². The largest absolute Gasteiger partial charge is 0.494 e. The summed E-state index contributed by atoms with van der Waals surface area (Å²) < 4.78 is 6.33. The summed E-state index contributed by atoms with van der Waals surface area (Å²) in [6.45, 7) is 3.49. The van der Waals surface area contributed by atoms with Crippen molar-refractivity contribution in [2.75, 3.05) is 36.5 Å². The van der Waals surface area contributed by atoms with Gasteiger partial charge in [-0.1, -0.05) is 22.9 Å². The minimum absolute atomic E-state index is 0.0248. The van der Waals surface area contributed by atoms with Crippen LogP contribution in [0.4, 0.5) is 15.6 Å². The Kier molecular flexibility index (Phi) is 5.55. The zero-order chi connectivity index (χ0) is 20.4. The second-order valence-electron chi connectivity index (χ2n) is 6.46. The number of fused-ring (bicyclic) bond motifs is 1. The summed E-state index contributed by atoms with van der Waals surface area (Å²) in [5, 5.41) is 3.88. The molecule has 4 rings (SSSR count). The van der Waals surface area contributed by atoms with Gasteiger partial charge < -0.3 is 15.0 Å². The molecular formula is C20H19ClN4O3S. The maximum atomic E-state index is 12.7. The molecular weight excluding hydrogens is 412 g/mol. The van der Waals surface area contributed by atoms with Gasteiger partial charge in [0.1, 0.15) is 12.3 Å². The number of aromatic nitrogens is 1. The fraction of sp³-hybridized carbons (Fsp3) is 0.250. The highest BCUT2D eigenvalue weighted by Gasteiger charge is 2.31. The summed E-state index contributed by atoms with van der Waals surface area (Å²) in [5.41, 5.74) is 1.55. The fourth-order valence-electron chi connectivity index (χ4n) is 3.14. The Bertz CT molecular complexity index is 1050. The maximum Gasteiger partial charge on any atom is 0.325 e. The van der Waals surface area contributed by atoms with Gasteiger partial charge in [0.05, 0.1) is 16.8 Å². The molecule has 0 unspecified atom stereocenters. The third-order valence-corrected chi connectivity index (χ3v) is 5.65. The van der Waals surface area contributed by atoms with Crippen LogP contribution in [0.5, 0.6) is 5.75 Å². The van der Waals surface area contributed by atoms with Gasteiger partial charge in [0, 0.05) is 23.8 Å². The first-order valence-corrected chi connectivity index (χ1v) is 10.4. The molecule has 1 N–H and O–H groups in total. The standard InChI is InChI=1S/C20H19ClN4O3S/c1-2-28-15-6-4-14(5-7-15)25-10-9-24(20(25)27)12-18(26)23-19-22-16-8-3-13(21)11-17(16)29-19/h3-8,11H,2,9-10,12H2,1H3,(H,22,23,26). The number of anilines is 2. The molecule has 29 heavy (non-hydrogen) atoms. The Labute approximate surface area is 176 Å². The zero-order valence-corrected chi connectivity index (χ0v) is 17.3. The summed E-state index contributed by atoms with van der Waals surface area (Å²) in [7, 11) is 0. The van der Waals surface area contributed by atoms with E-state index in [0.717, 1.165) is 21.7 Å². The summed E-state index contributed by atoms with van der Waals surface area (Å²) >= 11 is 7.34. The Hall–Kier alpha value is -2.84. The zero-order valence-electron chi connectivity index (χ0n) is 15.7. The number of hydrogen-bond acceptors (Lipinski definition) is 5. The number of thiazole rings is 1. The quantitative estimate of drug-likeness (QED) is 0.635. The predicted molar refractivity (Wildman–Crippen MR) is 115 cm³/mol. The smallest absolute Gasteiger partial charge is 0.325 e. The summed E-state index contributed by atoms with van der Waals surface area (Å²) in [6.07, 6.45) is 0. The van der Waals surface area contributed by atoms with Crippen molar-refractivity contribution in [1.82, 2.24) is 9.88 Å². The summed E-state index contributed by atoms with van der Waals surface area (Å²) in [5.74, 6) is 0.480. The van der Waals surface area contributed by atoms with Gasteiger partial charge >= 0.3 is 6.03 Å². The van der Waals surface area contributed by atoms with Gasteiger partial charge in [0.2, 0.25) is 5.91 Å². The van der Waals surface area contributed by atoms with E-state index in [9.17, 15) is 9.59 Å². The molecule has 1 fully saturated rings. The van der Waals surface area contributed by atoms with Gasteiger partial charge in [-0.25, -0.2) is 9.78 Å². The van der Waals surface area contributed by atoms with Crippen LogP contribution < -0.4 is 15.0 Å². The molecule has 0 saturated carbocycles. The van der Waals surface area contributed by atoms with Crippen LogP contribution in [-0.2, 0) is 4.79 Å². The van der Waals surface area contributed by atoms with Crippen molar-refractivity contribution >= 4 is 55.9 Å². The second kappa shape index (κ2) is 8.26. The molecule has 9 heteroatoms. The lowest BCUT2D eigenvalue weighted by Gasteiger charge is -2.18. The Morgan fingerprint density at radius 2 is 2.03 bits per heavy atom. The third-order valence-electron chi connectivity index (χ3n) is 4.49. The van der Waals surface area contributed by atoms with Crippen molar-refractivity contribution in [1.29, 1.82) is 0 Å². The molecule has 1 aliphatic heterocycles. The lowest BCUT2D eigenvalue weighted by molar-refractivity contribution is -0.116. The van der Waals surface area contributed by atoms with Gasteiger partial charge in [-0.05, 0) is 49.4 Å². The van der Waals surface area contributed by atoms with E-state index in [1.165, 1.54) is 16.2 Å². The first kappa shape index (κ1) is 19.5. The van der Waals surface area contributed by atoms with Crippen LogP contribution in [-0.4, -0.2) is 48.1 Å². The van der Waals surface area contributed by atoms with Crippen LogP contribution in [0.2, 0.25) is 5.02 Å². The van der Waals surface area contributed by atoms with Gasteiger partial charge in [-0.3, -0.25) is 9.69 Å². The lowest BCUT2D eigenvalue weighted by Crippen LogP contribution is -2.37. The van der Waals surface area contributed by atoms with E-state index in [4.69, 9.17) is 16.3 Å². The molecule has 2 heterocycles. The van der Waals surface area contributed by atoms with Crippen LogP contribution >= 0.6 is 22.9 Å². The number of carbonyl (C=O) groups excluding carboxylic acids is 2. The monoisotopic (exact) mass is 430 g/mol. The van der Waals surface area contributed by atoms with Crippen LogP contribution in [0.25, 0.3) is 10.2 Å². The van der Waals surface area contributed by atoms with E-state index in [1.807, 2.05) is 43.3 Å². The number of hydrogen-bond donors (Lipinski definition) is 1. The summed E-state index contributed by atoms with van der Waals surface area (Å²) in [6, 6.07) is 12.5. The number of halogens is 1. The molecule has 150 valence electrons. The number of rotatable bonds is 6. The molecule has 0 aliphatic carbocycles. The molecule has 3 aromatic rings. The van der Waals surface area contributed by atoms with E-state index in [-0.39, 0.29) is 18.5 Å². The van der Waals surface area contributed by atoms with Gasteiger partial charge in [0.25, 0.3) is 0 Å². The average molecular weight is 431 g/mol. The van der Waals surface area contributed by atoms with Crippen LogP contribution in [0.1, 0.15) is 6.92 Å². The molecule has 1 aromatic heterocycles. The molecule has 2 aromatic carbocycles. The van der Waals surface area contributed by atoms with E-state index < -0.39 is 0 Å². The number of benzene rings is 2. The van der Waals surface area contributed by atoms with Gasteiger partial charge in [-0.15, -0.1) is 0 Å². The van der Waals surface area contributed by atoms with E-state index in [0.29, 0.717) is 29.9 Å². The van der Waals surface area contributed by atoms with Crippen LogP contribution in [0.15, 0.2) is 42.5 Å². The topological polar surface area (TPSA) is 74.8 Å². The number of carbonyl (C=O) groups is 2. The number of amides is 3. The van der Waals surface area contributed by atoms with Crippen LogP contribution in [0.3, 0.4) is 0 Å². The van der Waals surface area contributed by atoms with Crippen molar-refractivity contribution in [3.05, 3.63) is 47.5 Å². The molecule has 0 bridgehead atoms. The minimum atomic E-state index is -0.281. The molecule has 0 atom stereocenters. The van der Waals surface area contributed by atoms with Crippen molar-refractivity contribution in [2.24, 2.45) is 0 Å². The predicted octanol–water partition coefficient (Wildman–Crippen LogP) is 4.23. The Morgan fingerprint density at radius 1 is 1.24 bits per heavy atom. The molecule has 7 nitrogen and oxygen atoms in total. The number of ether oxygens (including phenoxy) is 1. The SMILES string of the molecule is CCOc1ccc(N2CCN(CC(=O)Nc3nc4ccc(Cl)cc4s3)C2=O)cc1. The van der Waals surface area contributed by atoms with E-state index in [1.54, 1.807) is 11.0 Å². The highest BCUT2D eigenvalue weighted by atomic mass is 35.5. The van der Waals surface area contributed by atoms with Crippen molar-refractivity contribution in [3.63, 3.8) is 0 Å². The van der Waals surface area contributed by atoms with Crippen molar-refractivity contribution in [2.45, 2.75) is 6.92 Å². The van der Waals surface area contributed by atoms with Gasteiger partial charge in [0.15, 0.2) is 5.13 Å². The fourth-order valence-corrected chi connectivity index (χ4v) is 4.30. The molecule has 1 aliphatic rings. The van der Waals surface area contributed by atoms with Crippen molar-refractivity contribution < 1.29 is 14.3 Å². The molecule has 1 saturated heterocycles. The number of urea groups is 1. The first-order chi connectivity index (χ1) is 14.0. The van der Waals surface area contributed by atoms with Crippen LogP contribution in [0, 0.1) is 0 Å². The molecule has 0 spiro atoms. The number of nitrogens with zero attached hydrogens (tertiary/aromatic N) is 3. The Morgan fingerprint density at radius 3 is 2.79 bits per heavy atom. The Balaban J connectivity index is 1.37. The second-order valence-corrected chi connectivity index (χ2v) is 7.93. The first-order valence-electron chi connectivity index (χ1n) is 9.19. The average Bonchev–Trinajstić information content (AvgIpc) is 3.25. The summed E-state index contributed by atoms with van der Waals surface area (Å²) in [4.78, 5) is 32.7. The highest BCUT2D eigenvalue weighted by molar-refractivity contribution is 7.22. The minimum Gasteiger partial charge on any atom is -0.494 e. The molecule has 3 amide bonds.